The second-order valence-electron chi connectivity index (χ2n) is 6.70. The van der Waals surface area contributed by atoms with Crippen molar-refractivity contribution >= 4 is 29.5 Å². The van der Waals surface area contributed by atoms with Crippen molar-refractivity contribution in [2.45, 2.75) is 65.0 Å². The summed E-state index contributed by atoms with van der Waals surface area (Å²) in [7, 11) is 0. The molecule has 0 radical (unpaired) electrons. The third kappa shape index (κ3) is 14.7. The van der Waals surface area contributed by atoms with Gasteiger partial charge in [0.1, 0.15) is 12.1 Å². The number of carbonyl (C=O) groups is 3. The Morgan fingerprint density at radius 2 is 1.84 bits per heavy atom. The average molecular weight is 376 g/mol. The van der Waals surface area contributed by atoms with Crippen LogP contribution in [-0.4, -0.2) is 54.0 Å². The molecular weight excluding hydrogens is 342 g/mol. The van der Waals surface area contributed by atoms with Crippen LogP contribution in [0.2, 0.25) is 0 Å². The summed E-state index contributed by atoms with van der Waals surface area (Å²) in [5.41, 5.74) is 5.22. The Balaban J connectivity index is 3.74. The Morgan fingerprint density at radius 3 is 2.44 bits per heavy atom. The number of unbranched alkanes of at least 4 members (excludes halogenated alkanes) is 1. The van der Waals surface area contributed by atoms with E-state index >= 15 is 0 Å². The molecule has 2 amide bonds. The summed E-state index contributed by atoms with van der Waals surface area (Å²) in [5.74, 6) is 1.05. The van der Waals surface area contributed by atoms with Gasteiger partial charge in [0, 0.05) is 18.7 Å². The van der Waals surface area contributed by atoms with Crippen LogP contribution < -0.4 is 16.4 Å². The number of nitrogens with two attached hydrogens (primary N) is 1. The zero-order chi connectivity index (χ0) is 19.3. The Morgan fingerprint density at radius 1 is 1.16 bits per heavy atom. The number of esters is 1. The van der Waals surface area contributed by atoms with Gasteiger partial charge < -0.3 is 21.1 Å². The normalized spacial score (nSPS) is 12.4. The van der Waals surface area contributed by atoms with Crippen LogP contribution in [0.4, 0.5) is 0 Å². The van der Waals surface area contributed by atoms with Crippen LogP contribution in [0.15, 0.2) is 0 Å². The molecule has 0 aliphatic carbocycles. The lowest BCUT2D eigenvalue weighted by atomic mass is 10.1. The molecule has 0 bridgehead atoms. The molecule has 1 unspecified atom stereocenters. The highest BCUT2D eigenvalue weighted by molar-refractivity contribution is 7.99. The Kier molecular flexibility index (Phi) is 12.3. The van der Waals surface area contributed by atoms with Gasteiger partial charge in [-0.1, -0.05) is 6.92 Å². The molecule has 0 saturated carbocycles. The van der Waals surface area contributed by atoms with Crippen LogP contribution in [-0.2, 0) is 19.1 Å². The van der Waals surface area contributed by atoms with Gasteiger partial charge >= 0.3 is 5.97 Å². The van der Waals surface area contributed by atoms with Gasteiger partial charge in [0.25, 0.3) is 0 Å². The van der Waals surface area contributed by atoms with Gasteiger partial charge in [-0.3, -0.25) is 14.4 Å². The van der Waals surface area contributed by atoms with Crippen molar-refractivity contribution in [3.8, 4) is 0 Å². The van der Waals surface area contributed by atoms with E-state index in [0.717, 1.165) is 24.3 Å². The van der Waals surface area contributed by atoms with E-state index in [0.29, 0.717) is 19.4 Å². The summed E-state index contributed by atoms with van der Waals surface area (Å²) in [6.07, 6.45) is 2.53. The Bertz CT molecular complexity index is 425. The predicted octanol–water partition coefficient (Wildman–Crippen LogP) is 1.20. The lowest BCUT2D eigenvalue weighted by Crippen LogP contribution is -2.43. The number of hydrogen-bond acceptors (Lipinski definition) is 6. The summed E-state index contributed by atoms with van der Waals surface area (Å²) in [4.78, 5) is 34.9. The third-order valence-corrected chi connectivity index (χ3v) is 4.01. The largest absolute Gasteiger partial charge is 0.459 e. The molecular formula is C17H33N3O4S. The highest BCUT2D eigenvalue weighted by Crippen LogP contribution is 2.06. The molecule has 0 heterocycles. The van der Waals surface area contributed by atoms with E-state index in [4.69, 9.17) is 10.5 Å². The molecule has 146 valence electrons. The van der Waals surface area contributed by atoms with Gasteiger partial charge in [0.05, 0.1) is 6.04 Å². The maximum Gasteiger partial charge on any atom is 0.325 e. The molecule has 0 fully saturated rings. The van der Waals surface area contributed by atoms with Crippen molar-refractivity contribution in [1.82, 2.24) is 10.6 Å². The zero-order valence-corrected chi connectivity index (χ0v) is 16.7. The van der Waals surface area contributed by atoms with Gasteiger partial charge in [0.15, 0.2) is 0 Å². The third-order valence-electron chi connectivity index (χ3n) is 3.11. The summed E-state index contributed by atoms with van der Waals surface area (Å²) < 4.78 is 5.10. The van der Waals surface area contributed by atoms with Crippen LogP contribution in [0.1, 0.15) is 53.4 Å². The van der Waals surface area contributed by atoms with Crippen LogP contribution in [0.3, 0.4) is 0 Å². The van der Waals surface area contributed by atoms with Crippen LogP contribution in [0.5, 0.6) is 0 Å². The second-order valence-corrected chi connectivity index (χ2v) is 8.10. The molecule has 0 aromatic carbocycles. The molecule has 1 atom stereocenters. The van der Waals surface area contributed by atoms with Crippen molar-refractivity contribution in [1.29, 1.82) is 0 Å². The zero-order valence-electron chi connectivity index (χ0n) is 15.9. The minimum absolute atomic E-state index is 0.0559. The second kappa shape index (κ2) is 13.0. The minimum atomic E-state index is -0.668. The molecule has 0 aromatic heterocycles. The fourth-order valence-electron chi connectivity index (χ4n) is 1.91. The summed E-state index contributed by atoms with van der Waals surface area (Å²) in [6, 6.07) is -0.668. The topological polar surface area (TPSA) is 111 Å². The maximum atomic E-state index is 11.8. The van der Waals surface area contributed by atoms with E-state index in [1.807, 2.05) is 0 Å². The Hall–Kier alpha value is -1.28. The van der Waals surface area contributed by atoms with Crippen molar-refractivity contribution in [2.24, 2.45) is 5.73 Å². The number of rotatable bonds is 12. The number of amides is 2. The molecule has 7 nitrogen and oxygen atoms in total. The number of thioether (sulfide) groups is 1. The van der Waals surface area contributed by atoms with Gasteiger partial charge in [-0.15, -0.1) is 0 Å². The molecule has 0 saturated heterocycles. The first-order valence-corrected chi connectivity index (χ1v) is 9.90. The van der Waals surface area contributed by atoms with Crippen molar-refractivity contribution < 1.29 is 19.1 Å². The van der Waals surface area contributed by atoms with Gasteiger partial charge in [-0.25, -0.2) is 0 Å². The van der Waals surface area contributed by atoms with E-state index in [-0.39, 0.29) is 18.4 Å². The standard InChI is InChI=1S/C17H33N3O4S/c1-5-25-11-9-14(21)19-10-7-6-8-13(18)16(23)20-12-15(22)24-17(2,3)4/h13H,5-12,18H2,1-4H3,(H,19,21)(H,20,23). The van der Waals surface area contributed by atoms with E-state index in [2.05, 4.69) is 17.6 Å². The first-order chi connectivity index (χ1) is 11.7. The van der Waals surface area contributed by atoms with Gasteiger partial charge in [-0.05, 0) is 45.8 Å². The molecule has 0 spiro atoms. The van der Waals surface area contributed by atoms with Crippen molar-refractivity contribution in [3.63, 3.8) is 0 Å². The first kappa shape index (κ1) is 23.7. The average Bonchev–Trinajstić information content (AvgIpc) is 2.50. The lowest BCUT2D eigenvalue weighted by Gasteiger charge is -2.20. The molecule has 25 heavy (non-hydrogen) atoms. The first-order valence-electron chi connectivity index (χ1n) is 8.75. The van der Waals surface area contributed by atoms with Crippen LogP contribution >= 0.6 is 11.8 Å². The number of ether oxygens (including phenoxy) is 1. The SMILES string of the molecule is CCSCCC(=O)NCCCCC(N)C(=O)NCC(=O)OC(C)(C)C. The fraction of sp³-hybridized carbons (Fsp3) is 0.824. The highest BCUT2D eigenvalue weighted by Gasteiger charge is 2.18. The van der Waals surface area contributed by atoms with Crippen LogP contribution in [0, 0.1) is 0 Å². The number of hydrogen-bond donors (Lipinski definition) is 3. The lowest BCUT2D eigenvalue weighted by molar-refractivity contribution is -0.154. The van der Waals surface area contributed by atoms with Crippen LogP contribution in [0.25, 0.3) is 0 Å². The molecule has 4 N–H and O–H groups in total. The molecule has 0 aliphatic rings. The molecule has 0 rings (SSSR count). The molecule has 0 aromatic rings. The summed E-state index contributed by atoms with van der Waals surface area (Å²) >= 11 is 1.74. The smallest absolute Gasteiger partial charge is 0.325 e. The summed E-state index contributed by atoms with van der Waals surface area (Å²) in [5, 5.41) is 5.33. The molecule has 0 aliphatic heterocycles. The highest BCUT2D eigenvalue weighted by atomic mass is 32.2. The number of nitrogens with one attached hydrogen (secondary N) is 2. The maximum absolute atomic E-state index is 11.8. The fourth-order valence-corrected chi connectivity index (χ4v) is 2.53. The van der Waals surface area contributed by atoms with Gasteiger partial charge in [-0.2, -0.15) is 11.8 Å². The molecule has 8 heteroatoms. The van der Waals surface area contributed by atoms with Crippen molar-refractivity contribution in [3.05, 3.63) is 0 Å². The monoisotopic (exact) mass is 375 g/mol. The van der Waals surface area contributed by atoms with E-state index < -0.39 is 17.6 Å². The minimum Gasteiger partial charge on any atom is -0.459 e. The van der Waals surface area contributed by atoms with Crippen molar-refractivity contribution in [2.75, 3.05) is 24.6 Å². The quantitative estimate of drug-likeness (QED) is 0.349. The van der Waals surface area contributed by atoms with E-state index in [1.165, 1.54) is 0 Å². The number of carbonyl (C=O) groups excluding carboxylic acids is 3. The Labute approximate surface area is 155 Å². The predicted molar refractivity (Wildman–Crippen MR) is 101 cm³/mol. The summed E-state index contributed by atoms with van der Waals surface area (Å²) in [6.45, 7) is 7.76. The van der Waals surface area contributed by atoms with E-state index in [9.17, 15) is 14.4 Å². The van der Waals surface area contributed by atoms with Gasteiger partial charge in [0.2, 0.25) is 11.8 Å². The van der Waals surface area contributed by atoms with E-state index in [1.54, 1.807) is 32.5 Å².